The number of carbonyl (C=O) groups is 2. The summed E-state index contributed by atoms with van der Waals surface area (Å²) in [5.74, 6) is -1.000. The lowest BCUT2D eigenvalue weighted by molar-refractivity contribution is -0.161. The van der Waals surface area contributed by atoms with Crippen LogP contribution in [-0.2, 0) is 28.2 Å². The Morgan fingerprint density at radius 2 is 1.04 bits per heavy atom. The first-order valence-electron chi connectivity index (χ1n) is 19.8. The molecule has 0 aromatic rings. The third-order valence-electron chi connectivity index (χ3n) is 8.64. The number of esters is 2. The van der Waals surface area contributed by atoms with Gasteiger partial charge in [-0.3, -0.25) is 14.1 Å². The third kappa shape index (κ3) is 34.9. The van der Waals surface area contributed by atoms with E-state index in [0.29, 0.717) is 25.7 Å². The second-order valence-corrected chi connectivity index (χ2v) is 14.8. The van der Waals surface area contributed by atoms with Crippen LogP contribution < -0.4 is 0 Å². The summed E-state index contributed by atoms with van der Waals surface area (Å²) in [4.78, 5) is 42.8. The monoisotopic (exact) mass is 732 g/mol. The van der Waals surface area contributed by atoms with Crippen molar-refractivity contribution in [3.63, 3.8) is 0 Å². The number of phosphoric ester groups is 1. The van der Waals surface area contributed by atoms with E-state index in [1.807, 2.05) is 6.08 Å². The molecule has 0 amide bonds. The van der Waals surface area contributed by atoms with Crippen LogP contribution in [0.25, 0.3) is 0 Å². The van der Waals surface area contributed by atoms with Crippen LogP contribution in [0.5, 0.6) is 0 Å². The van der Waals surface area contributed by atoms with E-state index in [9.17, 15) is 24.4 Å². The molecule has 0 bridgehead atoms. The molecule has 0 aliphatic carbocycles. The Morgan fingerprint density at radius 1 is 0.580 bits per heavy atom. The van der Waals surface area contributed by atoms with Crippen molar-refractivity contribution < 1.29 is 48.2 Å². The molecule has 0 unspecified atom stereocenters. The molecule has 0 aromatic carbocycles. The van der Waals surface area contributed by atoms with Crippen LogP contribution in [-0.4, -0.2) is 63.5 Å². The van der Waals surface area contributed by atoms with E-state index < -0.39 is 44.7 Å². The molecule has 294 valence electrons. The molecule has 4 N–H and O–H groups in total. The summed E-state index contributed by atoms with van der Waals surface area (Å²) in [7, 11) is -4.79. The van der Waals surface area contributed by atoms with Crippen molar-refractivity contribution in [2.75, 3.05) is 13.2 Å². The first-order valence-corrected chi connectivity index (χ1v) is 21.3. The van der Waals surface area contributed by atoms with Crippen LogP contribution in [0.1, 0.15) is 181 Å². The van der Waals surface area contributed by atoms with Crippen molar-refractivity contribution in [3.8, 4) is 0 Å². The normalized spacial score (nSPS) is 14.0. The van der Waals surface area contributed by atoms with Gasteiger partial charge in [-0.25, -0.2) is 4.57 Å². The Hall–Kier alpha value is -1.55. The topological polar surface area (TPSA) is 160 Å². The maximum absolute atomic E-state index is 12.4. The number of ether oxygens (including phenoxy) is 2. The van der Waals surface area contributed by atoms with E-state index in [4.69, 9.17) is 19.3 Å². The van der Waals surface area contributed by atoms with Crippen LogP contribution in [0.4, 0.5) is 0 Å². The fraction of sp³-hybridized carbons (Fsp3) is 0.846. The van der Waals surface area contributed by atoms with Gasteiger partial charge in [0, 0.05) is 12.8 Å². The van der Waals surface area contributed by atoms with Crippen LogP contribution in [0, 0.1) is 0 Å². The number of hydrogen-bond acceptors (Lipinski definition) is 8. The number of allylic oxidation sites excluding steroid dienone is 3. The Morgan fingerprint density at radius 3 is 1.62 bits per heavy atom. The number of phosphoric acid groups is 1. The first-order chi connectivity index (χ1) is 24.1. The quantitative estimate of drug-likeness (QED) is 0.0211. The number of hydrogen-bond donors (Lipinski definition) is 4. The second-order valence-electron chi connectivity index (χ2n) is 13.6. The largest absolute Gasteiger partial charge is 0.469 e. The Bertz CT molecular complexity index is 903. The van der Waals surface area contributed by atoms with E-state index in [1.54, 1.807) is 0 Å². The van der Waals surface area contributed by atoms with E-state index in [2.05, 4.69) is 36.6 Å². The number of unbranched alkanes of at least 4 members (excludes halogenated alkanes) is 18. The van der Waals surface area contributed by atoms with E-state index >= 15 is 0 Å². The zero-order valence-corrected chi connectivity index (χ0v) is 32.4. The SMILES string of the molecule is CCCCC/C=C\C[C@H](O)[C@@H](O)CCCCCCCC(=O)O[C@H](COC(=O)CCCCCCCCC/C=C\CCCCCC)COP(=O)(O)O. The van der Waals surface area contributed by atoms with Crippen molar-refractivity contribution in [2.24, 2.45) is 0 Å². The molecule has 50 heavy (non-hydrogen) atoms. The van der Waals surface area contributed by atoms with Gasteiger partial charge in [0.15, 0.2) is 6.10 Å². The van der Waals surface area contributed by atoms with Crippen molar-refractivity contribution in [1.29, 1.82) is 0 Å². The Kier molecular flexibility index (Phi) is 33.5. The van der Waals surface area contributed by atoms with Crippen LogP contribution >= 0.6 is 7.82 Å². The smallest absolute Gasteiger partial charge is 0.462 e. The maximum Gasteiger partial charge on any atom is 0.469 e. The zero-order chi connectivity index (χ0) is 37.1. The standard InChI is InChI=1S/C39H73O10P/c1-3-5-7-9-11-12-13-14-15-16-17-18-19-23-27-31-38(42)47-33-35(34-48-50(44,45)46)49-39(43)32-28-24-20-22-26-30-37(41)36(40)29-25-21-10-8-6-4-2/h12-13,21,25,35-37,40-41H,3-11,14-20,22-24,26-34H2,1-2H3,(H2,44,45,46)/b13-12-,25-21-/t35-,36+,37+/m1/s1. The number of aliphatic hydroxyl groups excluding tert-OH is 2. The molecular formula is C39H73O10P. The highest BCUT2D eigenvalue weighted by molar-refractivity contribution is 7.46. The lowest BCUT2D eigenvalue weighted by Crippen LogP contribution is -2.29. The fourth-order valence-electron chi connectivity index (χ4n) is 5.51. The van der Waals surface area contributed by atoms with Gasteiger partial charge in [-0.15, -0.1) is 0 Å². The molecule has 11 heteroatoms. The molecule has 0 fully saturated rings. The van der Waals surface area contributed by atoms with Gasteiger partial charge in [0.05, 0.1) is 18.8 Å². The van der Waals surface area contributed by atoms with Crippen LogP contribution in [0.15, 0.2) is 24.3 Å². The summed E-state index contributed by atoms with van der Waals surface area (Å²) < 4.78 is 26.3. The minimum atomic E-state index is -4.79. The summed E-state index contributed by atoms with van der Waals surface area (Å²) in [6.07, 6.45) is 30.6. The minimum Gasteiger partial charge on any atom is -0.462 e. The average molecular weight is 733 g/mol. The predicted molar refractivity (Wildman–Crippen MR) is 201 cm³/mol. The average Bonchev–Trinajstić information content (AvgIpc) is 3.08. The van der Waals surface area contributed by atoms with Gasteiger partial charge in [0.2, 0.25) is 0 Å². The van der Waals surface area contributed by atoms with Crippen molar-refractivity contribution in [1.82, 2.24) is 0 Å². The first kappa shape index (κ1) is 48.5. The number of rotatable bonds is 36. The molecule has 0 aliphatic heterocycles. The Labute approximate surface area is 304 Å². The maximum atomic E-state index is 12.4. The molecule has 0 aromatic heterocycles. The highest BCUT2D eigenvalue weighted by Crippen LogP contribution is 2.36. The number of aliphatic hydroxyl groups is 2. The summed E-state index contributed by atoms with van der Waals surface area (Å²) >= 11 is 0. The molecule has 0 aliphatic rings. The van der Waals surface area contributed by atoms with E-state index in [1.165, 1.54) is 64.2 Å². The summed E-state index contributed by atoms with van der Waals surface area (Å²) in [5.41, 5.74) is 0. The lowest BCUT2D eigenvalue weighted by atomic mass is 10.0. The van der Waals surface area contributed by atoms with Gasteiger partial charge in [-0.05, 0) is 64.2 Å². The summed E-state index contributed by atoms with van der Waals surface area (Å²) in [5, 5.41) is 20.3. The Balaban J connectivity index is 4.07. The van der Waals surface area contributed by atoms with Gasteiger partial charge >= 0.3 is 19.8 Å². The molecule has 0 saturated heterocycles. The molecule has 0 rings (SSSR count). The number of carbonyl (C=O) groups excluding carboxylic acids is 2. The van der Waals surface area contributed by atoms with E-state index in [-0.39, 0.29) is 19.4 Å². The molecule has 10 nitrogen and oxygen atoms in total. The zero-order valence-electron chi connectivity index (χ0n) is 31.5. The van der Waals surface area contributed by atoms with Gasteiger partial charge in [-0.1, -0.05) is 128 Å². The third-order valence-corrected chi connectivity index (χ3v) is 9.13. The van der Waals surface area contributed by atoms with Gasteiger partial charge in [0.25, 0.3) is 0 Å². The molecule has 0 radical (unpaired) electrons. The molecule has 0 saturated carbocycles. The van der Waals surface area contributed by atoms with Crippen molar-refractivity contribution in [3.05, 3.63) is 24.3 Å². The van der Waals surface area contributed by atoms with Gasteiger partial charge in [0.1, 0.15) is 6.61 Å². The fourth-order valence-corrected chi connectivity index (χ4v) is 5.87. The van der Waals surface area contributed by atoms with Gasteiger partial charge in [-0.2, -0.15) is 0 Å². The highest BCUT2D eigenvalue weighted by Gasteiger charge is 2.23. The van der Waals surface area contributed by atoms with Crippen LogP contribution in [0.3, 0.4) is 0 Å². The van der Waals surface area contributed by atoms with Gasteiger partial charge < -0.3 is 29.5 Å². The summed E-state index contributed by atoms with van der Waals surface area (Å²) in [6.45, 7) is 3.48. The van der Waals surface area contributed by atoms with Crippen molar-refractivity contribution in [2.45, 2.75) is 199 Å². The molecule has 3 atom stereocenters. The predicted octanol–water partition coefficient (Wildman–Crippen LogP) is 9.57. The van der Waals surface area contributed by atoms with Crippen molar-refractivity contribution >= 4 is 19.8 Å². The molecular weight excluding hydrogens is 659 g/mol. The van der Waals surface area contributed by atoms with E-state index in [0.717, 1.165) is 64.2 Å². The second kappa shape index (κ2) is 34.5. The molecule has 0 spiro atoms. The van der Waals surface area contributed by atoms with Crippen LogP contribution in [0.2, 0.25) is 0 Å². The summed E-state index contributed by atoms with van der Waals surface area (Å²) in [6, 6.07) is 0. The highest BCUT2D eigenvalue weighted by atomic mass is 31.2. The lowest BCUT2D eigenvalue weighted by Gasteiger charge is -2.18. The minimum absolute atomic E-state index is 0.113. The molecule has 0 heterocycles.